The maximum atomic E-state index is 11.7. The first-order valence-electron chi connectivity index (χ1n) is 4.23. The van der Waals surface area contributed by atoms with Crippen LogP contribution in [0.3, 0.4) is 0 Å². The first-order valence-corrected chi connectivity index (χ1v) is 5.84. The molecule has 0 unspecified atom stereocenters. The lowest BCUT2D eigenvalue weighted by Gasteiger charge is -2.05. The predicted octanol–water partition coefficient (Wildman–Crippen LogP) is 3.58. The molecule has 0 aromatic carbocycles. The Morgan fingerprint density at radius 1 is 1.56 bits per heavy atom. The molecule has 0 aliphatic heterocycles. The molecule has 1 heterocycles. The fourth-order valence-electron chi connectivity index (χ4n) is 0.928. The molecule has 0 fully saturated rings. The summed E-state index contributed by atoms with van der Waals surface area (Å²) >= 11 is 4.42. The van der Waals surface area contributed by atoms with Crippen molar-refractivity contribution in [2.24, 2.45) is 0 Å². The molecular weight excluding hydrogens is 309 g/mol. The van der Waals surface area contributed by atoms with Gasteiger partial charge < -0.3 is 4.74 Å². The molecule has 0 bridgehead atoms. The highest BCUT2D eigenvalue weighted by atomic mass is 79.9. The van der Waals surface area contributed by atoms with E-state index in [4.69, 9.17) is 0 Å². The lowest BCUT2D eigenvalue weighted by atomic mass is 10.3. The van der Waals surface area contributed by atoms with Gasteiger partial charge in [0.2, 0.25) is 0 Å². The zero-order valence-corrected chi connectivity index (χ0v) is 10.6. The van der Waals surface area contributed by atoms with E-state index in [0.717, 1.165) is 9.35 Å². The Bertz CT molecular complexity index is 367. The van der Waals surface area contributed by atoms with Crippen LogP contribution in [0, 0.1) is 6.92 Å². The van der Waals surface area contributed by atoms with Gasteiger partial charge in [0, 0.05) is 0 Å². The Labute approximate surface area is 103 Å². The van der Waals surface area contributed by atoms with Crippen LogP contribution in [0.4, 0.5) is 13.2 Å². The molecule has 1 rings (SSSR count). The van der Waals surface area contributed by atoms with E-state index in [1.807, 2.05) is 0 Å². The van der Waals surface area contributed by atoms with Gasteiger partial charge in [-0.3, -0.25) is 4.79 Å². The van der Waals surface area contributed by atoms with E-state index in [0.29, 0.717) is 4.88 Å². The van der Waals surface area contributed by atoms with Crippen molar-refractivity contribution in [3.8, 4) is 0 Å². The second-order valence-corrected chi connectivity index (χ2v) is 5.47. The fourth-order valence-corrected chi connectivity index (χ4v) is 2.39. The van der Waals surface area contributed by atoms with Crippen molar-refractivity contribution in [3.05, 3.63) is 20.3 Å². The van der Waals surface area contributed by atoms with Crippen molar-refractivity contribution in [2.75, 3.05) is 13.2 Å². The number of carbonyl (C=O) groups is 1. The van der Waals surface area contributed by atoms with Crippen LogP contribution in [0.15, 0.2) is 9.85 Å². The topological polar surface area (TPSA) is 26.3 Å². The third kappa shape index (κ3) is 4.23. The summed E-state index contributed by atoms with van der Waals surface area (Å²) in [5.74, 6) is -0.442. The number of ether oxygens (including phenoxy) is 1. The summed E-state index contributed by atoms with van der Waals surface area (Å²) in [5.41, 5.74) is 0.879. The molecule has 0 saturated heterocycles. The zero-order valence-electron chi connectivity index (χ0n) is 8.23. The summed E-state index contributed by atoms with van der Waals surface area (Å²) in [7, 11) is 0. The Balaban J connectivity index is 2.47. The molecule has 16 heavy (non-hydrogen) atoms. The SMILES string of the molecule is Cc1cc(C(=O)COCC(F)(F)F)sc1Br. The summed E-state index contributed by atoms with van der Waals surface area (Å²) in [4.78, 5) is 11.8. The normalized spacial score (nSPS) is 11.8. The molecule has 1 aromatic rings. The number of hydrogen-bond donors (Lipinski definition) is 0. The lowest BCUT2D eigenvalue weighted by Crippen LogP contribution is -2.20. The van der Waals surface area contributed by atoms with Crippen molar-refractivity contribution in [1.82, 2.24) is 0 Å². The van der Waals surface area contributed by atoms with Crippen LogP contribution < -0.4 is 0 Å². The van der Waals surface area contributed by atoms with E-state index in [-0.39, 0.29) is 0 Å². The Kier molecular flexibility index (Phi) is 4.52. The number of thiophene rings is 1. The Morgan fingerprint density at radius 2 is 2.19 bits per heavy atom. The Morgan fingerprint density at radius 3 is 2.62 bits per heavy atom. The number of carbonyl (C=O) groups excluding carboxylic acids is 1. The number of aryl methyl sites for hydroxylation is 1. The van der Waals surface area contributed by atoms with Crippen molar-refractivity contribution in [1.29, 1.82) is 0 Å². The van der Waals surface area contributed by atoms with Gasteiger partial charge in [0.25, 0.3) is 0 Å². The standard InChI is InChI=1S/C9H8BrF3O2S/c1-5-2-7(16-8(5)10)6(14)3-15-4-9(11,12)13/h2H,3-4H2,1H3. The van der Waals surface area contributed by atoms with Gasteiger partial charge in [-0.25, -0.2) is 0 Å². The van der Waals surface area contributed by atoms with Gasteiger partial charge in [0.1, 0.15) is 13.2 Å². The minimum atomic E-state index is -4.40. The molecule has 0 aliphatic rings. The zero-order chi connectivity index (χ0) is 12.3. The lowest BCUT2D eigenvalue weighted by molar-refractivity contribution is -0.170. The molecule has 2 nitrogen and oxygen atoms in total. The second-order valence-electron chi connectivity index (χ2n) is 3.10. The van der Waals surface area contributed by atoms with Gasteiger partial charge in [-0.15, -0.1) is 11.3 Å². The van der Waals surface area contributed by atoms with Crippen LogP contribution in [0.5, 0.6) is 0 Å². The summed E-state index contributed by atoms with van der Waals surface area (Å²) < 4.78 is 40.3. The van der Waals surface area contributed by atoms with Crippen molar-refractivity contribution in [3.63, 3.8) is 0 Å². The predicted molar refractivity (Wildman–Crippen MR) is 58.0 cm³/mol. The highest BCUT2D eigenvalue weighted by Gasteiger charge is 2.28. The average molecular weight is 317 g/mol. The molecule has 0 amide bonds. The molecule has 0 spiro atoms. The third-order valence-corrected chi connectivity index (χ3v) is 3.81. The number of alkyl halides is 3. The van der Waals surface area contributed by atoms with Crippen molar-refractivity contribution >= 4 is 33.0 Å². The van der Waals surface area contributed by atoms with Gasteiger partial charge in [0.05, 0.1) is 8.66 Å². The summed E-state index contributed by atoms with van der Waals surface area (Å²) in [6, 6.07) is 1.62. The smallest absolute Gasteiger partial charge is 0.364 e. The summed E-state index contributed by atoms with van der Waals surface area (Å²) in [6.45, 7) is -0.149. The van der Waals surface area contributed by atoms with Gasteiger partial charge >= 0.3 is 6.18 Å². The second kappa shape index (κ2) is 5.29. The van der Waals surface area contributed by atoms with E-state index >= 15 is 0 Å². The van der Waals surface area contributed by atoms with Gasteiger partial charge in [-0.1, -0.05) is 0 Å². The first kappa shape index (κ1) is 13.7. The maximum absolute atomic E-state index is 11.7. The molecule has 1 aromatic heterocycles. The van der Waals surface area contributed by atoms with Crippen LogP contribution in [0.1, 0.15) is 15.2 Å². The minimum Gasteiger partial charge on any atom is -0.364 e. The maximum Gasteiger partial charge on any atom is 0.411 e. The first-order chi connectivity index (χ1) is 7.29. The third-order valence-electron chi connectivity index (χ3n) is 1.63. The van der Waals surface area contributed by atoms with Crippen LogP contribution in [0.25, 0.3) is 0 Å². The van der Waals surface area contributed by atoms with E-state index in [1.54, 1.807) is 13.0 Å². The number of halogens is 4. The van der Waals surface area contributed by atoms with E-state index in [2.05, 4.69) is 20.7 Å². The van der Waals surface area contributed by atoms with Crippen LogP contribution >= 0.6 is 27.3 Å². The minimum absolute atomic E-state index is 0.395. The van der Waals surface area contributed by atoms with Crippen LogP contribution in [0.2, 0.25) is 0 Å². The van der Waals surface area contributed by atoms with Crippen LogP contribution in [-0.2, 0) is 4.74 Å². The van der Waals surface area contributed by atoms with Crippen molar-refractivity contribution < 1.29 is 22.7 Å². The number of rotatable bonds is 4. The molecule has 0 aliphatic carbocycles. The van der Waals surface area contributed by atoms with E-state index < -0.39 is 25.2 Å². The van der Waals surface area contributed by atoms with E-state index in [1.165, 1.54) is 11.3 Å². The summed E-state index contributed by atoms with van der Waals surface area (Å²) in [6.07, 6.45) is -4.40. The highest BCUT2D eigenvalue weighted by Crippen LogP contribution is 2.27. The van der Waals surface area contributed by atoms with Crippen LogP contribution in [-0.4, -0.2) is 25.2 Å². The Hall–Kier alpha value is -0.400. The number of ketones is 1. The monoisotopic (exact) mass is 316 g/mol. The quantitative estimate of drug-likeness (QED) is 0.794. The summed E-state index contributed by atoms with van der Waals surface area (Å²) in [5, 5.41) is 0. The molecule has 0 radical (unpaired) electrons. The van der Waals surface area contributed by atoms with Crippen molar-refractivity contribution in [2.45, 2.75) is 13.1 Å². The highest BCUT2D eigenvalue weighted by molar-refractivity contribution is 9.11. The molecule has 7 heteroatoms. The molecule has 0 atom stereocenters. The van der Waals surface area contributed by atoms with Gasteiger partial charge in [-0.05, 0) is 34.5 Å². The van der Waals surface area contributed by atoms with E-state index in [9.17, 15) is 18.0 Å². The molecular formula is C9H8BrF3O2S. The number of hydrogen-bond acceptors (Lipinski definition) is 3. The average Bonchev–Trinajstić information content (AvgIpc) is 2.45. The molecule has 0 saturated carbocycles. The molecule has 90 valence electrons. The fraction of sp³-hybridized carbons (Fsp3) is 0.444. The van der Waals surface area contributed by atoms with Gasteiger partial charge in [-0.2, -0.15) is 13.2 Å². The molecule has 0 N–H and O–H groups in total. The number of Topliss-reactive ketones (excluding diaryl/α,β-unsaturated/α-hetero) is 1. The largest absolute Gasteiger partial charge is 0.411 e. The van der Waals surface area contributed by atoms with Gasteiger partial charge in [0.15, 0.2) is 5.78 Å².